The standard InChI is InChI=1S/C14H23NOS/c1-9(16)10-6-7-14-12(8-10)15-11-4-2-3-5-13(11)17-14/h10-15H,2-8H2,1H3. The Morgan fingerprint density at radius 2 is 1.82 bits per heavy atom. The number of fused-ring (bicyclic) bond motifs is 2. The fourth-order valence-corrected chi connectivity index (χ4v) is 5.61. The first-order valence-corrected chi connectivity index (χ1v) is 8.10. The van der Waals surface area contributed by atoms with Gasteiger partial charge in [0.25, 0.3) is 0 Å². The van der Waals surface area contributed by atoms with Gasteiger partial charge in [-0.15, -0.1) is 0 Å². The first kappa shape index (κ1) is 12.0. The van der Waals surface area contributed by atoms with Crippen LogP contribution in [0.15, 0.2) is 0 Å². The van der Waals surface area contributed by atoms with Gasteiger partial charge in [0, 0.05) is 28.5 Å². The van der Waals surface area contributed by atoms with Crippen LogP contribution >= 0.6 is 11.8 Å². The van der Waals surface area contributed by atoms with E-state index in [0.717, 1.165) is 29.4 Å². The van der Waals surface area contributed by atoms with Gasteiger partial charge in [0.1, 0.15) is 5.78 Å². The molecule has 0 amide bonds. The summed E-state index contributed by atoms with van der Waals surface area (Å²) in [6, 6.07) is 1.35. The minimum Gasteiger partial charge on any atom is -0.309 e. The highest BCUT2D eigenvalue weighted by Crippen LogP contribution is 2.43. The summed E-state index contributed by atoms with van der Waals surface area (Å²) in [5, 5.41) is 5.51. The van der Waals surface area contributed by atoms with Crippen LogP contribution in [0.3, 0.4) is 0 Å². The summed E-state index contributed by atoms with van der Waals surface area (Å²) in [6.07, 6.45) is 9.04. The molecule has 0 aromatic heterocycles. The quantitative estimate of drug-likeness (QED) is 0.779. The second kappa shape index (κ2) is 4.93. The number of Topliss-reactive ketones (excluding diaryl/α,β-unsaturated/α-hetero) is 1. The zero-order valence-electron chi connectivity index (χ0n) is 10.7. The van der Waals surface area contributed by atoms with Crippen LogP contribution in [-0.4, -0.2) is 28.4 Å². The van der Waals surface area contributed by atoms with Crippen molar-refractivity contribution in [1.29, 1.82) is 0 Å². The van der Waals surface area contributed by atoms with Gasteiger partial charge in [-0.3, -0.25) is 4.79 Å². The lowest BCUT2D eigenvalue weighted by molar-refractivity contribution is -0.121. The molecule has 3 rings (SSSR count). The van der Waals surface area contributed by atoms with E-state index in [0.29, 0.717) is 17.7 Å². The van der Waals surface area contributed by atoms with Crippen LogP contribution in [0.1, 0.15) is 51.9 Å². The zero-order chi connectivity index (χ0) is 11.8. The van der Waals surface area contributed by atoms with E-state index in [1.807, 2.05) is 0 Å². The van der Waals surface area contributed by atoms with E-state index >= 15 is 0 Å². The lowest BCUT2D eigenvalue weighted by Crippen LogP contribution is -2.57. The lowest BCUT2D eigenvalue weighted by Gasteiger charge is -2.47. The normalized spacial score (nSPS) is 45.8. The number of thioether (sulfide) groups is 1. The summed E-state index contributed by atoms with van der Waals surface area (Å²) >= 11 is 2.24. The van der Waals surface area contributed by atoms with Crippen molar-refractivity contribution in [2.45, 2.75) is 74.5 Å². The molecule has 17 heavy (non-hydrogen) atoms. The second-order valence-corrected chi connectivity index (χ2v) is 7.48. The van der Waals surface area contributed by atoms with Crippen molar-refractivity contribution in [3.05, 3.63) is 0 Å². The minimum atomic E-state index is 0.337. The molecule has 2 nitrogen and oxygen atoms in total. The van der Waals surface area contributed by atoms with Crippen LogP contribution in [0, 0.1) is 5.92 Å². The molecule has 0 bridgehead atoms. The van der Waals surface area contributed by atoms with Gasteiger partial charge in [-0.1, -0.05) is 12.8 Å². The van der Waals surface area contributed by atoms with Gasteiger partial charge in [-0.25, -0.2) is 0 Å². The Kier molecular flexibility index (Phi) is 3.49. The van der Waals surface area contributed by atoms with Gasteiger partial charge in [-0.05, 0) is 39.0 Å². The maximum atomic E-state index is 11.5. The van der Waals surface area contributed by atoms with Crippen molar-refractivity contribution in [1.82, 2.24) is 5.32 Å². The average molecular weight is 253 g/mol. The van der Waals surface area contributed by atoms with E-state index in [2.05, 4.69) is 17.1 Å². The fraction of sp³-hybridized carbons (Fsp3) is 0.929. The number of rotatable bonds is 1. The molecule has 2 aliphatic carbocycles. The molecule has 5 atom stereocenters. The molecular weight excluding hydrogens is 230 g/mol. The summed E-state index contributed by atoms with van der Waals surface area (Å²) in [6.45, 7) is 1.77. The van der Waals surface area contributed by atoms with Crippen molar-refractivity contribution >= 4 is 17.5 Å². The summed E-state index contributed by atoms with van der Waals surface area (Å²) in [7, 11) is 0. The number of hydrogen-bond donors (Lipinski definition) is 1. The van der Waals surface area contributed by atoms with E-state index in [1.165, 1.54) is 32.1 Å². The molecule has 0 spiro atoms. The fourth-order valence-electron chi connectivity index (χ4n) is 3.80. The van der Waals surface area contributed by atoms with Gasteiger partial charge >= 0.3 is 0 Å². The molecule has 2 saturated carbocycles. The van der Waals surface area contributed by atoms with E-state index in [-0.39, 0.29) is 0 Å². The molecule has 0 aromatic rings. The van der Waals surface area contributed by atoms with Crippen LogP contribution in [0.4, 0.5) is 0 Å². The summed E-state index contributed by atoms with van der Waals surface area (Å²) < 4.78 is 0. The molecule has 0 aromatic carbocycles. The lowest BCUT2D eigenvalue weighted by atomic mass is 9.81. The third-order valence-electron chi connectivity index (χ3n) is 4.84. The van der Waals surface area contributed by atoms with Crippen molar-refractivity contribution in [3.8, 4) is 0 Å². The molecule has 3 fully saturated rings. The van der Waals surface area contributed by atoms with Gasteiger partial charge in [-0.2, -0.15) is 11.8 Å². The molecule has 5 unspecified atom stereocenters. The predicted molar refractivity (Wildman–Crippen MR) is 72.4 cm³/mol. The molecule has 96 valence electrons. The first-order chi connectivity index (χ1) is 8.24. The van der Waals surface area contributed by atoms with Crippen molar-refractivity contribution < 1.29 is 4.79 Å². The SMILES string of the molecule is CC(=O)C1CCC2SC3CCCCC3NC2C1. The van der Waals surface area contributed by atoms with E-state index in [4.69, 9.17) is 0 Å². The monoisotopic (exact) mass is 253 g/mol. The Balaban J connectivity index is 1.66. The van der Waals surface area contributed by atoms with Gasteiger partial charge in [0.2, 0.25) is 0 Å². The molecule has 1 aliphatic heterocycles. The number of nitrogens with one attached hydrogen (secondary N) is 1. The Labute approximate surface area is 108 Å². The van der Waals surface area contributed by atoms with Crippen molar-refractivity contribution in [2.75, 3.05) is 0 Å². The maximum absolute atomic E-state index is 11.5. The first-order valence-electron chi connectivity index (χ1n) is 7.16. The number of ketones is 1. The molecule has 0 radical (unpaired) electrons. The number of hydrogen-bond acceptors (Lipinski definition) is 3. The third kappa shape index (κ3) is 2.41. The van der Waals surface area contributed by atoms with Gasteiger partial charge < -0.3 is 5.32 Å². The highest BCUT2D eigenvalue weighted by Gasteiger charge is 2.41. The van der Waals surface area contributed by atoms with E-state index in [9.17, 15) is 4.79 Å². The average Bonchev–Trinajstić information content (AvgIpc) is 2.35. The Hall–Kier alpha value is -0.0200. The Morgan fingerprint density at radius 3 is 2.65 bits per heavy atom. The largest absolute Gasteiger partial charge is 0.309 e. The Morgan fingerprint density at radius 1 is 1.06 bits per heavy atom. The maximum Gasteiger partial charge on any atom is 0.132 e. The van der Waals surface area contributed by atoms with E-state index < -0.39 is 0 Å². The second-order valence-electron chi connectivity index (χ2n) is 6.00. The van der Waals surface area contributed by atoms with Crippen molar-refractivity contribution in [3.63, 3.8) is 0 Å². The molecule has 1 saturated heterocycles. The molecule has 1 N–H and O–H groups in total. The van der Waals surface area contributed by atoms with Crippen molar-refractivity contribution in [2.24, 2.45) is 5.92 Å². The third-order valence-corrected chi connectivity index (χ3v) is 6.67. The minimum absolute atomic E-state index is 0.337. The summed E-state index contributed by atoms with van der Waals surface area (Å²) in [5.41, 5.74) is 0. The number of carbonyl (C=O) groups is 1. The number of carbonyl (C=O) groups excluding carboxylic acids is 1. The molecule has 3 aliphatic rings. The summed E-state index contributed by atoms with van der Waals surface area (Å²) in [5.74, 6) is 0.741. The van der Waals surface area contributed by atoms with Crippen LogP contribution in [-0.2, 0) is 4.79 Å². The van der Waals surface area contributed by atoms with Crippen LogP contribution in [0.2, 0.25) is 0 Å². The molecule has 3 heteroatoms. The van der Waals surface area contributed by atoms with Crippen LogP contribution < -0.4 is 5.32 Å². The predicted octanol–water partition coefficient (Wildman–Crippen LogP) is 2.76. The zero-order valence-corrected chi connectivity index (χ0v) is 11.5. The molecule has 1 heterocycles. The topological polar surface area (TPSA) is 29.1 Å². The van der Waals surface area contributed by atoms with E-state index in [1.54, 1.807) is 6.92 Å². The molecular formula is C14H23NOS. The van der Waals surface area contributed by atoms with Crippen LogP contribution in [0.5, 0.6) is 0 Å². The van der Waals surface area contributed by atoms with Gasteiger partial charge in [0.05, 0.1) is 0 Å². The highest BCUT2D eigenvalue weighted by atomic mass is 32.2. The Bertz CT molecular complexity index is 307. The summed E-state index contributed by atoms with van der Waals surface area (Å²) in [4.78, 5) is 11.5. The smallest absolute Gasteiger partial charge is 0.132 e. The van der Waals surface area contributed by atoms with Crippen LogP contribution in [0.25, 0.3) is 0 Å². The highest BCUT2D eigenvalue weighted by molar-refractivity contribution is 8.00. The van der Waals surface area contributed by atoms with Gasteiger partial charge in [0.15, 0.2) is 0 Å².